The van der Waals surface area contributed by atoms with Gasteiger partial charge in [-0.15, -0.1) is 0 Å². The summed E-state index contributed by atoms with van der Waals surface area (Å²) in [4.78, 5) is 4.19. The van der Waals surface area contributed by atoms with Gasteiger partial charge in [0.2, 0.25) is 0 Å². The summed E-state index contributed by atoms with van der Waals surface area (Å²) < 4.78 is 6.67. The van der Waals surface area contributed by atoms with Crippen LogP contribution in [0.25, 0.3) is 0 Å². The van der Waals surface area contributed by atoms with Crippen molar-refractivity contribution in [3.8, 4) is 5.75 Å². The van der Waals surface area contributed by atoms with Crippen molar-refractivity contribution < 1.29 is 4.74 Å². The number of pyridine rings is 1. The zero-order chi connectivity index (χ0) is 10.1. The fraction of sp³-hybridized carbons (Fsp3) is 0.545. The summed E-state index contributed by atoms with van der Waals surface area (Å²) in [6.45, 7) is 4.34. The third-order valence-electron chi connectivity index (χ3n) is 2.32. The van der Waals surface area contributed by atoms with Gasteiger partial charge in [-0.3, -0.25) is 0 Å². The molecule has 0 aromatic carbocycles. The van der Waals surface area contributed by atoms with Crippen LogP contribution in [0.1, 0.15) is 38.2 Å². The van der Waals surface area contributed by atoms with Crippen LogP contribution >= 0.6 is 15.9 Å². The number of hydrogen-bond acceptors (Lipinski definition) is 2. The molecule has 1 heterocycles. The monoisotopic (exact) mass is 255 g/mol. The van der Waals surface area contributed by atoms with Gasteiger partial charge in [0.05, 0.1) is 6.10 Å². The van der Waals surface area contributed by atoms with Crippen molar-refractivity contribution in [2.24, 2.45) is 0 Å². The summed E-state index contributed by atoms with van der Waals surface area (Å²) in [5.74, 6) is 1.41. The minimum absolute atomic E-state index is 0.424. The third-order valence-corrected chi connectivity index (χ3v) is 2.89. The van der Waals surface area contributed by atoms with Gasteiger partial charge in [-0.05, 0) is 40.8 Å². The zero-order valence-corrected chi connectivity index (χ0v) is 10.0. The van der Waals surface area contributed by atoms with Gasteiger partial charge in [-0.1, -0.05) is 13.8 Å². The minimum Gasteiger partial charge on any atom is -0.487 e. The molecule has 2 rings (SSSR count). The van der Waals surface area contributed by atoms with Crippen LogP contribution < -0.4 is 4.74 Å². The van der Waals surface area contributed by atoms with Crippen LogP contribution in [-0.2, 0) is 0 Å². The topological polar surface area (TPSA) is 22.1 Å². The Morgan fingerprint density at radius 2 is 2.21 bits per heavy atom. The smallest absolute Gasteiger partial charge is 0.155 e. The lowest BCUT2D eigenvalue weighted by Gasteiger charge is -2.14. The number of nitrogens with zero attached hydrogens (tertiary/aromatic N) is 1. The molecule has 14 heavy (non-hydrogen) atoms. The van der Waals surface area contributed by atoms with Crippen LogP contribution in [0.4, 0.5) is 0 Å². The van der Waals surface area contributed by atoms with Crippen molar-refractivity contribution in [3.63, 3.8) is 0 Å². The highest BCUT2D eigenvalue weighted by atomic mass is 79.9. The van der Waals surface area contributed by atoms with E-state index in [-0.39, 0.29) is 0 Å². The highest BCUT2D eigenvalue weighted by molar-refractivity contribution is 9.10. The molecule has 0 N–H and O–H groups in total. The Morgan fingerprint density at radius 1 is 1.50 bits per heavy atom. The summed E-state index contributed by atoms with van der Waals surface area (Å²) in [7, 11) is 0. The standard InChI is InChI=1S/C11H14BrNO/c1-7(2)9-5-6-13-11(12)10(9)14-8-3-4-8/h5-8H,3-4H2,1-2H3. The number of ether oxygens (including phenoxy) is 1. The van der Waals surface area contributed by atoms with Gasteiger partial charge >= 0.3 is 0 Å². The normalized spacial score (nSPS) is 16.0. The van der Waals surface area contributed by atoms with Crippen molar-refractivity contribution in [2.45, 2.75) is 38.7 Å². The second-order valence-corrected chi connectivity index (χ2v) is 4.74. The van der Waals surface area contributed by atoms with Crippen LogP contribution in [0.3, 0.4) is 0 Å². The maximum absolute atomic E-state index is 5.84. The first-order chi connectivity index (χ1) is 6.68. The molecule has 0 amide bonds. The molecule has 0 aliphatic heterocycles. The second-order valence-electron chi connectivity index (χ2n) is 3.99. The van der Waals surface area contributed by atoms with E-state index in [4.69, 9.17) is 4.74 Å². The Labute approximate surface area is 92.8 Å². The van der Waals surface area contributed by atoms with Gasteiger partial charge in [-0.25, -0.2) is 4.98 Å². The first kappa shape index (κ1) is 9.97. The van der Waals surface area contributed by atoms with Crippen molar-refractivity contribution in [1.29, 1.82) is 0 Å². The van der Waals surface area contributed by atoms with Crippen LogP contribution in [0.5, 0.6) is 5.75 Å². The Kier molecular flexibility index (Phi) is 2.77. The predicted octanol–water partition coefficient (Wildman–Crippen LogP) is 3.51. The van der Waals surface area contributed by atoms with Gasteiger partial charge in [0.1, 0.15) is 4.60 Å². The molecule has 1 aromatic rings. The largest absolute Gasteiger partial charge is 0.487 e. The van der Waals surface area contributed by atoms with Crippen molar-refractivity contribution in [1.82, 2.24) is 4.98 Å². The molecular weight excluding hydrogens is 242 g/mol. The average molecular weight is 256 g/mol. The zero-order valence-electron chi connectivity index (χ0n) is 8.46. The van der Waals surface area contributed by atoms with E-state index in [1.165, 1.54) is 18.4 Å². The summed E-state index contributed by atoms with van der Waals surface area (Å²) >= 11 is 3.44. The van der Waals surface area contributed by atoms with Gasteiger partial charge in [0, 0.05) is 11.8 Å². The van der Waals surface area contributed by atoms with Crippen LogP contribution in [-0.4, -0.2) is 11.1 Å². The molecule has 0 radical (unpaired) electrons. The van der Waals surface area contributed by atoms with Crippen molar-refractivity contribution in [2.75, 3.05) is 0 Å². The molecule has 0 atom stereocenters. The van der Waals surface area contributed by atoms with E-state index in [9.17, 15) is 0 Å². The van der Waals surface area contributed by atoms with E-state index in [1.54, 1.807) is 0 Å². The van der Waals surface area contributed by atoms with E-state index in [1.807, 2.05) is 12.3 Å². The molecule has 1 aliphatic rings. The predicted molar refractivity (Wildman–Crippen MR) is 59.7 cm³/mol. The molecule has 2 nitrogen and oxygen atoms in total. The maximum Gasteiger partial charge on any atom is 0.155 e. The Balaban J connectivity index is 2.31. The summed E-state index contributed by atoms with van der Waals surface area (Å²) in [6, 6.07) is 2.03. The molecule has 0 spiro atoms. The lowest BCUT2D eigenvalue weighted by molar-refractivity contribution is 0.295. The number of rotatable bonds is 3. The Bertz CT molecular complexity index is 334. The molecule has 76 valence electrons. The van der Waals surface area contributed by atoms with Crippen LogP contribution in [0.2, 0.25) is 0 Å². The molecule has 1 fully saturated rings. The van der Waals surface area contributed by atoms with E-state index in [2.05, 4.69) is 34.8 Å². The molecule has 1 saturated carbocycles. The number of aromatic nitrogens is 1. The molecule has 3 heteroatoms. The first-order valence-corrected chi connectivity index (χ1v) is 5.79. The fourth-order valence-corrected chi connectivity index (χ4v) is 1.80. The Morgan fingerprint density at radius 3 is 2.79 bits per heavy atom. The van der Waals surface area contributed by atoms with Gasteiger partial charge in [-0.2, -0.15) is 0 Å². The lowest BCUT2D eigenvalue weighted by Crippen LogP contribution is -2.02. The van der Waals surface area contributed by atoms with Gasteiger partial charge < -0.3 is 4.74 Å². The van der Waals surface area contributed by atoms with E-state index < -0.39 is 0 Å². The first-order valence-electron chi connectivity index (χ1n) is 4.99. The Hall–Kier alpha value is -0.570. The van der Waals surface area contributed by atoms with Gasteiger partial charge in [0.25, 0.3) is 0 Å². The highest BCUT2D eigenvalue weighted by Gasteiger charge is 2.26. The molecule has 1 aromatic heterocycles. The summed E-state index contributed by atoms with van der Waals surface area (Å²) in [5, 5.41) is 0. The van der Waals surface area contributed by atoms with E-state index in [0.29, 0.717) is 12.0 Å². The minimum atomic E-state index is 0.424. The number of halogens is 1. The molecule has 0 saturated heterocycles. The van der Waals surface area contributed by atoms with E-state index in [0.717, 1.165) is 10.4 Å². The highest BCUT2D eigenvalue weighted by Crippen LogP contribution is 2.36. The van der Waals surface area contributed by atoms with Crippen molar-refractivity contribution in [3.05, 3.63) is 22.4 Å². The molecule has 0 bridgehead atoms. The van der Waals surface area contributed by atoms with E-state index >= 15 is 0 Å². The molecular formula is C11H14BrNO. The van der Waals surface area contributed by atoms with Crippen molar-refractivity contribution >= 4 is 15.9 Å². The van der Waals surface area contributed by atoms with Gasteiger partial charge in [0.15, 0.2) is 5.75 Å². The summed E-state index contributed by atoms with van der Waals surface area (Å²) in [5.41, 5.74) is 1.23. The average Bonchev–Trinajstić information content (AvgIpc) is 2.91. The SMILES string of the molecule is CC(C)c1ccnc(Br)c1OC1CC1. The number of hydrogen-bond donors (Lipinski definition) is 0. The summed E-state index contributed by atoms with van der Waals surface area (Å²) in [6.07, 6.45) is 4.60. The van der Waals surface area contributed by atoms with Crippen LogP contribution in [0, 0.1) is 0 Å². The maximum atomic E-state index is 5.84. The molecule has 1 aliphatic carbocycles. The second kappa shape index (κ2) is 3.89. The lowest BCUT2D eigenvalue weighted by atomic mass is 10.0. The fourth-order valence-electron chi connectivity index (χ4n) is 1.36. The third kappa shape index (κ3) is 2.08. The quantitative estimate of drug-likeness (QED) is 0.772. The molecule has 0 unspecified atom stereocenters. The van der Waals surface area contributed by atoms with Crippen LogP contribution in [0.15, 0.2) is 16.9 Å².